The van der Waals surface area contributed by atoms with E-state index in [1.165, 1.54) is 17.0 Å². The minimum absolute atomic E-state index is 0.00730. The number of nitrogens with one attached hydrogen (secondary N) is 1. The van der Waals surface area contributed by atoms with E-state index in [2.05, 4.69) is 5.32 Å². The minimum atomic E-state index is -1.64. The largest absolute Gasteiger partial charge is 0.460 e. The monoisotopic (exact) mass is 999 g/mol. The van der Waals surface area contributed by atoms with Gasteiger partial charge >= 0.3 is 11.9 Å². The fraction of sp³-hybridized carbons (Fsp3) is 0.547. The van der Waals surface area contributed by atoms with E-state index in [1.54, 1.807) is 32.9 Å². The van der Waals surface area contributed by atoms with Crippen molar-refractivity contribution in [2.45, 2.75) is 150 Å². The van der Waals surface area contributed by atoms with Gasteiger partial charge in [0.2, 0.25) is 11.8 Å². The standard InChI is InChI=1S/C53H65N3O16/c1-51(2,3)69-39(59)20-19-35(28-57)54-47(63)36(23-31-12-6-5-7-13-31)55(4)50(65)53-26-37-43-44(71-52(70-43)24-33-17-8-9-18-34(33)25-52)46(53)72-56(45(53)48(64)67-37)27-32-15-10-14-30(22-32)16-11-21-66-49-42(62)41(61)40(60)38(29-58)68-49/h5-18,22,35-38,40-46,49,57-58,60-62H,19-21,23-29H2,1-4H3,(H,54,63)/t35-,36+,37+,38+,40-,41-,42+,43-,44-,45-,46+,49-,53-/m0/s1. The van der Waals surface area contributed by atoms with Crippen molar-refractivity contribution >= 4 is 29.8 Å². The van der Waals surface area contributed by atoms with E-state index in [-0.39, 0.29) is 38.8 Å². The van der Waals surface area contributed by atoms with E-state index in [0.29, 0.717) is 18.4 Å². The first-order chi connectivity index (χ1) is 34.4. The topological polar surface area (TPSA) is 253 Å². The first kappa shape index (κ1) is 51.7. The number of benzene rings is 3. The predicted molar refractivity (Wildman–Crippen MR) is 253 cm³/mol. The number of esters is 2. The number of fused-ring (bicyclic) bond motifs is 5. The lowest BCUT2D eigenvalue weighted by molar-refractivity contribution is -0.298. The molecule has 2 bridgehead atoms. The Balaban J connectivity index is 0.995. The predicted octanol–water partition coefficient (Wildman–Crippen LogP) is 1.26. The van der Waals surface area contributed by atoms with Crippen LogP contribution in [-0.4, -0.2) is 171 Å². The van der Waals surface area contributed by atoms with Gasteiger partial charge in [-0.05, 0) is 55.0 Å². The van der Waals surface area contributed by atoms with Crippen LogP contribution in [0.5, 0.6) is 0 Å². The van der Waals surface area contributed by atoms with Crippen molar-refractivity contribution in [3.63, 3.8) is 0 Å². The average molecular weight is 1000 g/mol. The van der Waals surface area contributed by atoms with Gasteiger partial charge in [0.1, 0.15) is 65.9 Å². The summed E-state index contributed by atoms with van der Waals surface area (Å²) in [4.78, 5) is 66.1. The highest BCUT2D eigenvalue weighted by Crippen LogP contribution is 2.59. The Hall–Kier alpha value is -5.16. The molecule has 5 fully saturated rings. The van der Waals surface area contributed by atoms with E-state index in [0.717, 1.165) is 22.3 Å². The van der Waals surface area contributed by atoms with Crippen LogP contribution in [0.4, 0.5) is 0 Å². The third kappa shape index (κ3) is 10.3. The molecule has 3 aromatic rings. The fourth-order valence-electron chi connectivity index (χ4n) is 11.2. The van der Waals surface area contributed by atoms with Gasteiger partial charge in [-0.1, -0.05) is 91.0 Å². The number of likely N-dealkylation sites (N-methyl/N-ethyl adjacent to an activating group) is 1. The number of aliphatic hydroxyl groups is 5. The summed E-state index contributed by atoms with van der Waals surface area (Å²) in [6.07, 6.45) is -6.32. The maximum Gasteiger partial charge on any atom is 0.327 e. The highest BCUT2D eigenvalue weighted by Gasteiger charge is 2.77. The highest BCUT2D eigenvalue weighted by atomic mass is 16.8. The molecule has 6 aliphatic rings. The first-order valence-electron chi connectivity index (χ1n) is 24.6. The van der Waals surface area contributed by atoms with Crippen LogP contribution in [-0.2, 0) is 78.2 Å². The molecule has 4 heterocycles. The number of amides is 2. The Morgan fingerprint density at radius 2 is 1.61 bits per heavy atom. The Morgan fingerprint density at radius 1 is 0.917 bits per heavy atom. The molecule has 13 atom stereocenters. The third-order valence-corrected chi connectivity index (χ3v) is 14.5. The quantitative estimate of drug-likeness (QED) is 0.104. The molecule has 4 saturated heterocycles. The zero-order valence-corrected chi connectivity index (χ0v) is 40.8. The van der Waals surface area contributed by atoms with Gasteiger partial charge in [0.05, 0.1) is 32.4 Å². The van der Waals surface area contributed by atoms with Crippen molar-refractivity contribution in [1.82, 2.24) is 15.3 Å². The van der Waals surface area contributed by atoms with Gasteiger partial charge in [-0.2, -0.15) is 5.06 Å². The molecule has 1 spiro atoms. The van der Waals surface area contributed by atoms with Crippen LogP contribution < -0.4 is 5.32 Å². The van der Waals surface area contributed by atoms with Gasteiger partial charge in [0.15, 0.2) is 18.1 Å². The Morgan fingerprint density at radius 3 is 2.31 bits per heavy atom. The number of carbonyl (C=O) groups excluding carboxylic acids is 4. The molecular formula is C53H65N3O16. The fourth-order valence-corrected chi connectivity index (χ4v) is 11.2. The lowest BCUT2D eigenvalue weighted by atomic mass is 9.62. The van der Waals surface area contributed by atoms with Gasteiger partial charge in [-0.15, -0.1) is 0 Å². The maximum atomic E-state index is 15.9. The number of carbonyl (C=O) groups is 4. The summed E-state index contributed by atoms with van der Waals surface area (Å²) in [5.41, 5.74) is 1.92. The number of aliphatic hydroxyl groups excluding tert-OH is 5. The number of hydrogen-bond donors (Lipinski definition) is 6. The van der Waals surface area contributed by atoms with E-state index < -0.39 is 127 Å². The smallest absolute Gasteiger partial charge is 0.327 e. The van der Waals surface area contributed by atoms with Crippen LogP contribution in [0, 0.1) is 5.41 Å². The van der Waals surface area contributed by atoms with Crippen LogP contribution in [0.2, 0.25) is 0 Å². The SMILES string of the molecule is CN(C(=O)[C@@]12C[C@H]3OC(=O)[C@@H]1N(Cc1cccc(C=CCO[C@H]4O[C@H](CO)[C@H](O)[C@H](O)[C@H]4O)c1)O[C@@H]2[C@H]1OC2(Cc4ccccc4C2)O[C@H]13)[C@H](Cc1ccccc1)C(=O)N[C@H](CO)CCC(=O)OC(C)(C)C. The third-order valence-electron chi connectivity index (χ3n) is 14.5. The summed E-state index contributed by atoms with van der Waals surface area (Å²) < 4.78 is 36.6. The molecule has 1 saturated carbocycles. The van der Waals surface area contributed by atoms with Gasteiger partial charge in [-0.25, -0.2) is 0 Å². The Labute approximate surface area is 417 Å². The van der Waals surface area contributed by atoms with Crippen molar-refractivity contribution < 1.29 is 78.0 Å². The van der Waals surface area contributed by atoms with Crippen molar-refractivity contribution in [2.75, 3.05) is 26.9 Å². The molecule has 2 amide bonds. The zero-order valence-electron chi connectivity index (χ0n) is 40.8. The highest BCUT2D eigenvalue weighted by molar-refractivity contribution is 5.96. The van der Waals surface area contributed by atoms with E-state index >= 15 is 4.79 Å². The Bertz CT molecular complexity index is 2460. The van der Waals surface area contributed by atoms with E-state index in [9.17, 15) is 39.9 Å². The summed E-state index contributed by atoms with van der Waals surface area (Å²) in [6.45, 7) is 4.14. The molecule has 72 heavy (non-hydrogen) atoms. The lowest BCUT2D eigenvalue weighted by Gasteiger charge is -2.50. The molecule has 3 aromatic carbocycles. The van der Waals surface area contributed by atoms with Crippen molar-refractivity contribution in [1.29, 1.82) is 0 Å². The van der Waals surface area contributed by atoms with Crippen LogP contribution in [0.1, 0.15) is 67.9 Å². The van der Waals surface area contributed by atoms with Crippen molar-refractivity contribution in [3.05, 3.63) is 113 Å². The molecule has 2 aliphatic carbocycles. The molecule has 4 aliphatic heterocycles. The summed E-state index contributed by atoms with van der Waals surface area (Å²) in [5, 5.41) is 55.0. The molecule has 0 unspecified atom stereocenters. The number of hydroxylamine groups is 2. The summed E-state index contributed by atoms with van der Waals surface area (Å²) in [6, 6.07) is 21.2. The number of nitrogens with zero attached hydrogens (tertiary/aromatic N) is 2. The normalized spacial score (nSPS) is 31.2. The van der Waals surface area contributed by atoms with E-state index in [1.807, 2.05) is 78.9 Å². The zero-order chi connectivity index (χ0) is 51.1. The van der Waals surface area contributed by atoms with Crippen LogP contribution in [0.3, 0.4) is 0 Å². The summed E-state index contributed by atoms with van der Waals surface area (Å²) in [5.74, 6) is -3.40. The van der Waals surface area contributed by atoms with Crippen LogP contribution in [0.15, 0.2) is 84.9 Å². The first-order valence-corrected chi connectivity index (χ1v) is 24.6. The van der Waals surface area contributed by atoms with Crippen molar-refractivity contribution in [3.8, 4) is 0 Å². The molecule has 19 heteroatoms. The molecule has 6 N–H and O–H groups in total. The summed E-state index contributed by atoms with van der Waals surface area (Å²) >= 11 is 0. The molecular weight excluding hydrogens is 935 g/mol. The number of hydrogen-bond acceptors (Lipinski definition) is 17. The van der Waals surface area contributed by atoms with Crippen LogP contribution >= 0.6 is 0 Å². The second kappa shape index (κ2) is 21.0. The molecule has 0 aromatic heterocycles. The van der Waals surface area contributed by atoms with Gasteiger partial charge < -0.3 is 64.2 Å². The maximum absolute atomic E-state index is 15.9. The molecule has 19 nitrogen and oxygen atoms in total. The molecule has 388 valence electrons. The second-order valence-electron chi connectivity index (χ2n) is 20.7. The van der Waals surface area contributed by atoms with Crippen LogP contribution in [0.25, 0.3) is 6.08 Å². The lowest BCUT2D eigenvalue weighted by Crippen LogP contribution is -2.70. The van der Waals surface area contributed by atoms with Gasteiger partial charge in [0.25, 0.3) is 0 Å². The van der Waals surface area contributed by atoms with Gasteiger partial charge in [0, 0.05) is 39.2 Å². The van der Waals surface area contributed by atoms with Crippen molar-refractivity contribution in [2.24, 2.45) is 5.41 Å². The minimum Gasteiger partial charge on any atom is -0.460 e. The molecule has 0 radical (unpaired) electrons. The average Bonchev–Trinajstić information content (AvgIpc) is 4.03. The number of rotatable bonds is 17. The van der Waals surface area contributed by atoms with Gasteiger partial charge in [-0.3, -0.25) is 24.0 Å². The summed E-state index contributed by atoms with van der Waals surface area (Å²) in [7, 11) is 1.53. The second-order valence-corrected chi connectivity index (χ2v) is 20.7. The van der Waals surface area contributed by atoms with E-state index in [4.69, 9.17) is 33.3 Å². The molecule has 9 rings (SSSR count). The number of ether oxygens (including phenoxy) is 6. The Kier molecular flexibility index (Phi) is 15.1.